The lowest BCUT2D eigenvalue weighted by molar-refractivity contribution is 0.574. The number of benzene rings is 1. The molecule has 0 amide bonds. The summed E-state index contributed by atoms with van der Waals surface area (Å²) >= 11 is 0. The van der Waals surface area contributed by atoms with Crippen molar-refractivity contribution in [1.29, 1.82) is 0 Å². The fourth-order valence-electron chi connectivity index (χ4n) is 1.96. The van der Waals surface area contributed by atoms with Crippen molar-refractivity contribution in [1.82, 2.24) is 0 Å². The second-order valence-corrected chi connectivity index (χ2v) is 3.96. The molecular formula is C14H12O. The van der Waals surface area contributed by atoms with Gasteiger partial charge in [0.25, 0.3) is 0 Å². The Labute approximate surface area is 88.0 Å². The molecule has 2 aromatic rings. The normalized spacial score (nSPS) is 14.9. The lowest BCUT2D eigenvalue weighted by Gasteiger charge is -1.88. The molecule has 74 valence electrons. The van der Waals surface area contributed by atoms with Crippen LogP contribution < -0.4 is 10.6 Å². The Hall–Kier alpha value is -1.76. The third kappa shape index (κ3) is 1.32. The zero-order valence-electron chi connectivity index (χ0n) is 8.66. The van der Waals surface area contributed by atoms with E-state index in [0.29, 0.717) is 0 Å². The van der Waals surface area contributed by atoms with Crippen LogP contribution in [-0.4, -0.2) is 0 Å². The number of rotatable bonds is 0. The molecule has 0 spiro atoms. The molecule has 1 aliphatic carbocycles. The Balaban J connectivity index is 2.50. The average Bonchev–Trinajstić information content (AvgIpc) is 2.51. The van der Waals surface area contributed by atoms with Crippen LogP contribution in [-0.2, 0) is 0 Å². The molecule has 0 atom stereocenters. The predicted molar refractivity (Wildman–Crippen MR) is 62.8 cm³/mol. The summed E-state index contributed by atoms with van der Waals surface area (Å²) in [6.07, 6.45) is 7.46. The second kappa shape index (κ2) is 3.13. The van der Waals surface area contributed by atoms with Gasteiger partial charge in [-0.25, -0.2) is 0 Å². The van der Waals surface area contributed by atoms with Gasteiger partial charge >= 0.3 is 0 Å². The highest BCUT2D eigenvalue weighted by atomic mass is 16.3. The zero-order valence-corrected chi connectivity index (χ0v) is 8.66. The van der Waals surface area contributed by atoms with Crippen molar-refractivity contribution in [2.75, 3.05) is 0 Å². The number of hydrogen-bond donors (Lipinski definition) is 0. The largest absolute Gasteiger partial charge is 0.456 e. The summed E-state index contributed by atoms with van der Waals surface area (Å²) in [6, 6.07) is 8.18. The molecule has 0 unspecified atom stereocenters. The van der Waals surface area contributed by atoms with E-state index in [9.17, 15) is 0 Å². The predicted octanol–water partition coefficient (Wildman–Crippen LogP) is 2.34. The van der Waals surface area contributed by atoms with Crippen LogP contribution in [0.4, 0.5) is 0 Å². The minimum absolute atomic E-state index is 0.975. The van der Waals surface area contributed by atoms with Gasteiger partial charge < -0.3 is 4.42 Å². The fraction of sp³-hybridized carbons (Fsp3) is 0.143. The molecule has 1 aromatic carbocycles. The summed E-state index contributed by atoms with van der Waals surface area (Å²) in [7, 11) is 0. The lowest BCUT2D eigenvalue weighted by Crippen LogP contribution is -2.18. The SMILES string of the molecule is CC1=CC=c2c(oc3ccccc23)=CC1. The Morgan fingerprint density at radius 3 is 2.93 bits per heavy atom. The van der Waals surface area contributed by atoms with Gasteiger partial charge in [-0.3, -0.25) is 0 Å². The van der Waals surface area contributed by atoms with E-state index in [4.69, 9.17) is 4.42 Å². The van der Waals surface area contributed by atoms with Gasteiger partial charge in [0.05, 0.1) is 0 Å². The van der Waals surface area contributed by atoms with Gasteiger partial charge in [-0.05, 0) is 25.5 Å². The maximum Gasteiger partial charge on any atom is 0.135 e. The molecule has 0 bridgehead atoms. The average molecular weight is 196 g/mol. The van der Waals surface area contributed by atoms with Gasteiger partial charge in [-0.2, -0.15) is 0 Å². The van der Waals surface area contributed by atoms with E-state index in [2.05, 4.69) is 31.2 Å². The van der Waals surface area contributed by atoms with Crippen LogP contribution in [0.2, 0.25) is 0 Å². The summed E-state index contributed by atoms with van der Waals surface area (Å²) in [5.74, 6) is 0. The molecule has 3 rings (SSSR count). The van der Waals surface area contributed by atoms with E-state index in [1.807, 2.05) is 18.2 Å². The van der Waals surface area contributed by atoms with Crippen molar-refractivity contribution in [3.8, 4) is 0 Å². The van der Waals surface area contributed by atoms with Crippen LogP contribution >= 0.6 is 0 Å². The van der Waals surface area contributed by atoms with E-state index in [1.165, 1.54) is 16.2 Å². The molecule has 0 radical (unpaired) electrons. The Kier molecular flexibility index (Phi) is 1.78. The zero-order chi connectivity index (χ0) is 10.3. The molecule has 0 saturated heterocycles. The molecule has 1 aliphatic rings. The number of hydrogen-bond acceptors (Lipinski definition) is 1. The van der Waals surface area contributed by atoms with E-state index < -0.39 is 0 Å². The maximum absolute atomic E-state index is 5.80. The Bertz CT molecular complexity index is 656. The number of fused-ring (bicyclic) bond motifs is 3. The quantitative estimate of drug-likeness (QED) is 0.630. The van der Waals surface area contributed by atoms with Gasteiger partial charge in [0.15, 0.2) is 0 Å². The molecule has 1 nitrogen and oxygen atoms in total. The molecule has 1 heterocycles. The summed E-state index contributed by atoms with van der Waals surface area (Å²) < 4.78 is 5.80. The lowest BCUT2D eigenvalue weighted by atomic mass is 10.2. The summed E-state index contributed by atoms with van der Waals surface area (Å²) in [6.45, 7) is 2.14. The van der Waals surface area contributed by atoms with E-state index in [1.54, 1.807) is 0 Å². The van der Waals surface area contributed by atoms with Gasteiger partial charge in [-0.1, -0.05) is 35.9 Å². The first kappa shape index (κ1) is 8.54. The van der Waals surface area contributed by atoms with E-state index in [-0.39, 0.29) is 0 Å². The first-order valence-electron chi connectivity index (χ1n) is 5.20. The van der Waals surface area contributed by atoms with Gasteiger partial charge in [0.1, 0.15) is 11.0 Å². The first-order chi connectivity index (χ1) is 7.34. The molecule has 0 aliphatic heterocycles. The van der Waals surface area contributed by atoms with Crippen molar-refractivity contribution in [3.63, 3.8) is 0 Å². The second-order valence-electron chi connectivity index (χ2n) is 3.96. The van der Waals surface area contributed by atoms with Crippen LogP contribution in [0.5, 0.6) is 0 Å². The van der Waals surface area contributed by atoms with Gasteiger partial charge in [0.2, 0.25) is 0 Å². The minimum atomic E-state index is 0.975. The topological polar surface area (TPSA) is 13.1 Å². The van der Waals surface area contributed by atoms with Crippen LogP contribution in [0.15, 0.2) is 40.3 Å². The molecule has 0 saturated carbocycles. The summed E-state index contributed by atoms with van der Waals surface area (Å²) in [5.41, 5.74) is 3.35. The molecule has 1 heteroatoms. The smallest absolute Gasteiger partial charge is 0.135 e. The van der Waals surface area contributed by atoms with Crippen molar-refractivity contribution in [2.24, 2.45) is 0 Å². The van der Waals surface area contributed by atoms with Crippen molar-refractivity contribution >= 4 is 23.1 Å². The minimum Gasteiger partial charge on any atom is -0.456 e. The number of allylic oxidation sites excluding steroid dienone is 2. The fourth-order valence-corrected chi connectivity index (χ4v) is 1.96. The third-order valence-electron chi connectivity index (χ3n) is 2.81. The van der Waals surface area contributed by atoms with Crippen molar-refractivity contribution < 1.29 is 4.42 Å². The maximum atomic E-state index is 5.80. The Morgan fingerprint density at radius 1 is 1.13 bits per heavy atom. The van der Waals surface area contributed by atoms with E-state index >= 15 is 0 Å². The van der Waals surface area contributed by atoms with Crippen LogP contribution in [0.3, 0.4) is 0 Å². The first-order valence-corrected chi connectivity index (χ1v) is 5.20. The van der Waals surface area contributed by atoms with Crippen LogP contribution in [0.25, 0.3) is 23.1 Å². The van der Waals surface area contributed by atoms with Crippen LogP contribution in [0.1, 0.15) is 13.3 Å². The van der Waals surface area contributed by atoms with Crippen LogP contribution in [0, 0.1) is 0 Å². The monoisotopic (exact) mass is 196 g/mol. The molecule has 1 aromatic heterocycles. The standard InChI is InChI=1S/C14H12O/c1-10-6-8-12-11-4-2-3-5-13(11)15-14(12)9-7-10/h2-6,8-9H,7H2,1H3. The third-order valence-corrected chi connectivity index (χ3v) is 2.81. The number of furan rings is 1. The molecule has 0 N–H and O–H groups in total. The number of para-hydroxylation sites is 1. The van der Waals surface area contributed by atoms with Gasteiger partial charge in [0, 0.05) is 10.6 Å². The van der Waals surface area contributed by atoms with Crippen molar-refractivity contribution in [3.05, 3.63) is 46.5 Å². The molecule has 0 fully saturated rings. The highest BCUT2D eigenvalue weighted by molar-refractivity contribution is 5.79. The molecular weight excluding hydrogens is 184 g/mol. The van der Waals surface area contributed by atoms with Gasteiger partial charge in [-0.15, -0.1) is 0 Å². The highest BCUT2D eigenvalue weighted by Gasteiger charge is 2.02. The molecule has 15 heavy (non-hydrogen) atoms. The highest BCUT2D eigenvalue weighted by Crippen LogP contribution is 2.09. The summed E-state index contributed by atoms with van der Waals surface area (Å²) in [5, 5.41) is 2.41. The van der Waals surface area contributed by atoms with Crippen molar-refractivity contribution in [2.45, 2.75) is 13.3 Å². The summed E-state index contributed by atoms with van der Waals surface area (Å²) in [4.78, 5) is 0. The Morgan fingerprint density at radius 2 is 2.00 bits per heavy atom. The van der Waals surface area contributed by atoms with E-state index in [0.717, 1.165) is 17.4 Å².